The average Bonchev–Trinajstić information content (AvgIpc) is 2.46. The summed E-state index contributed by atoms with van der Waals surface area (Å²) in [7, 11) is 1.30. The van der Waals surface area contributed by atoms with Gasteiger partial charge in [-0.25, -0.2) is 0 Å². The molecule has 22 heavy (non-hydrogen) atoms. The van der Waals surface area contributed by atoms with Crippen molar-refractivity contribution in [3.8, 4) is 0 Å². The molecule has 0 saturated heterocycles. The van der Waals surface area contributed by atoms with Crippen LogP contribution in [0.4, 0.5) is 13.2 Å². The van der Waals surface area contributed by atoms with Crippen molar-refractivity contribution in [1.29, 1.82) is 0 Å². The molecular weight excluding hydrogens is 299 g/mol. The number of nitrogens with one attached hydrogen (secondary N) is 1. The maximum atomic E-state index is 12.4. The molecule has 7 heteroatoms. The summed E-state index contributed by atoms with van der Waals surface area (Å²) in [5.41, 5.74) is 2.28. The highest BCUT2D eigenvalue weighted by Crippen LogP contribution is 2.31. The molecule has 2 rings (SSSR count). The molecule has 0 fully saturated rings. The molecule has 0 bridgehead atoms. The number of rotatable bonds is 3. The monoisotopic (exact) mass is 315 g/mol. The maximum absolute atomic E-state index is 12.4. The van der Waals surface area contributed by atoms with Crippen LogP contribution in [0.1, 0.15) is 35.6 Å². The number of methoxy groups -OCH3 is 1. The highest BCUT2D eigenvalue weighted by Gasteiger charge is 2.40. The molecule has 0 unspecified atom stereocenters. The number of benzene rings is 1. The molecule has 0 spiro atoms. The summed E-state index contributed by atoms with van der Waals surface area (Å²) in [5.74, 6) is -2.30. The van der Waals surface area contributed by atoms with Crippen LogP contribution < -0.4 is 5.32 Å². The summed E-state index contributed by atoms with van der Waals surface area (Å²) in [5, 5.41) is 2.03. The van der Waals surface area contributed by atoms with E-state index in [1.165, 1.54) is 7.11 Å². The Morgan fingerprint density at radius 3 is 2.73 bits per heavy atom. The predicted octanol–water partition coefficient (Wildman–Crippen LogP) is 2.46. The van der Waals surface area contributed by atoms with Crippen molar-refractivity contribution in [1.82, 2.24) is 5.32 Å². The van der Waals surface area contributed by atoms with Gasteiger partial charge in [-0.05, 0) is 36.0 Å². The number of hydrogen-bond donors (Lipinski definition) is 1. The summed E-state index contributed by atoms with van der Waals surface area (Å²) in [4.78, 5) is 22.4. The summed E-state index contributed by atoms with van der Waals surface area (Å²) in [6.45, 7) is 0. The molecule has 120 valence electrons. The van der Waals surface area contributed by atoms with Crippen molar-refractivity contribution in [2.24, 2.45) is 0 Å². The Morgan fingerprint density at radius 2 is 2.09 bits per heavy atom. The standard InChI is InChI=1S/C15H16F3NO3/c1-22-13(20)8-9-5-6-11-10(7-9)3-2-4-12(11)19-14(21)15(16,17)18/h5-7,12H,2-4,8H2,1H3,(H,19,21)/t12-/m1/s1. The fourth-order valence-corrected chi connectivity index (χ4v) is 2.61. The third kappa shape index (κ3) is 3.78. The summed E-state index contributed by atoms with van der Waals surface area (Å²) in [6.07, 6.45) is -2.92. The Balaban J connectivity index is 2.17. The molecule has 0 aromatic heterocycles. The van der Waals surface area contributed by atoms with E-state index in [2.05, 4.69) is 4.74 Å². The molecule has 0 radical (unpaired) electrons. The lowest BCUT2D eigenvalue weighted by atomic mass is 9.86. The minimum absolute atomic E-state index is 0.114. The largest absolute Gasteiger partial charge is 0.471 e. The van der Waals surface area contributed by atoms with E-state index in [-0.39, 0.29) is 12.4 Å². The van der Waals surface area contributed by atoms with E-state index in [0.29, 0.717) is 24.8 Å². The second-order valence-corrected chi connectivity index (χ2v) is 5.20. The second kappa shape index (κ2) is 6.37. The van der Waals surface area contributed by atoms with Crippen molar-refractivity contribution < 1.29 is 27.5 Å². The molecule has 1 amide bonds. The predicted molar refractivity (Wildman–Crippen MR) is 72.0 cm³/mol. The lowest BCUT2D eigenvalue weighted by molar-refractivity contribution is -0.174. The summed E-state index contributed by atoms with van der Waals surface area (Å²) >= 11 is 0. The molecule has 1 aliphatic rings. The molecule has 1 aliphatic carbocycles. The van der Waals surface area contributed by atoms with E-state index < -0.39 is 18.1 Å². The van der Waals surface area contributed by atoms with Crippen LogP contribution in [0, 0.1) is 0 Å². The number of esters is 1. The molecule has 0 aliphatic heterocycles. The first kappa shape index (κ1) is 16.3. The van der Waals surface area contributed by atoms with E-state index in [4.69, 9.17) is 0 Å². The zero-order valence-electron chi connectivity index (χ0n) is 12.0. The third-order valence-electron chi connectivity index (χ3n) is 3.66. The van der Waals surface area contributed by atoms with Crippen LogP contribution >= 0.6 is 0 Å². The van der Waals surface area contributed by atoms with Gasteiger partial charge >= 0.3 is 18.1 Å². The van der Waals surface area contributed by atoms with Gasteiger partial charge in [0, 0.05) is 0 Å². The number of amides is 1. The number of hydrogen-bond acceptors (Lipinski definition) is 3. The van der Waals surface area contributed by atoms with Crippen molar-refractivity contribution in [2.45, 2.75) is 37.9 Å². The van der Waals surface area contributed by atoms with Crippen LogP contribution in [0.5, 0.6) is 0 Å². The van der Waals surface area contributed by atoms with Gasteiger partial charge in [-0.15, -0.1) is 0 Å². The number of halogens is 3. The maximum Gasteiger partial charge on any atom is 0.471 e. The first-order valence-corrected chi connectivity index (χ1v) is 6.87. The summed E-state index contributed by atoms with van der Waals surface area (Å²) in [6, 6.07) is 4.49. The Labute approximate surface area is 125 Å². The van der Waals surface area contributed by atoms with Gasteiger partial charge in [0.2, 0.25) is 0 Å². The van der Waals surface area contributed by atoms with Gasteiger partial charge in [0.1, 0.15) is 0 Å². The summed E-state index contributed by atoms with van der Waals surface area (Å²) < 4.78 is 41.7. The van der Waals surface area contributed by atoms with Crippen molar-refractivity contribution in [3.05, 3.63) is 34.9 Å². The Kier molecular flexibility index (Phi) is 4.73. The highest BCUT2D eigenvalue weighted by molar-refractivity contribution is 5.82. The van der Waals surface area contributed by atoms with E-state index in [1.807, 2.05) is 5.32 Å². The van der Waals surface area contributed by atoms with Crippen LogP contribution in [-0.4, -0.2) is 25.2 Å². The van der Waals surface area contributed by atoms with Crippen molar-refractivity contribution >= 4 is 11.9 Å². The van der Waals surface area contributed by atoms with Crippen LogP contribution in [0.2, 0.25) is 0 Å². The second-order valence-electron chi connectivity index (χ2n) is 5.20. The van der Waals surface area contributed by atoms with Crippen LogP contribution in [0.15, 0.2) is 18.2 Å². The molecule has 4 nitrogen and oxygen atoms in total. The fraction of sp³-hybridized carbons (Fsp3) is 0.467. The Hall–Kier alpha value is -2.05. The molecule has 0 heterocycles. The number of carbonyl (C=O) groups excluding carboxylic acids is 2. The number of carbonyl (C=O) groups is 2. The number of ether oxygens (including phenoxy) is 1. The van der Waals surface area contributed by atoms with Gasteiger partial charge in [-0.2, -0.15) is 13.2 Å². The Morgan fingerprint density at radius 1 is 1.36 bits per heavy atom. The van der Waals surface area contributed by atoms with Crippen molar-refractivity contribution in [2.75, 3.05) is 7.11 Å². The first-order chi connectivity index (χ1) is 10.3. The zero-order chi connectivity index (χ0) is 16.3. The van der Waals surface area contributed by atoms with Crippen LogP contribution in [-0.2, 0) is 27.2 Å². The van der Waals surface area contributed by atoms with Gasteiger partial charge in [-0.1, -0.05) is 18.2 Å². The lowest BCUT2D eigenvalue weighted by Gasteiger charge is -2.27. The van der Waals surface area contributed by atoms with E-state index >= 15 is 0 Å². The zero-order valence-corrected chi connectivity index (χ0v) is 12.0. The van der Waals surface area contributed by atoms with E-state index in [1.54, 1.807) is 18.2 Å². The van der Waals surface area contributed by atoms with Crippen LogP contribution in [0.25, 0.3) is 0 Å². The lowest BCUT2D eigenvalue weighted by Crippen LogP contribution is -2.40. The molecule has 1 N–H and O–H groups in total. The van der Waals surface area contributed by atoms with E-state index in [0.717, 1.165) is 11.1 Å². The van der Waals surface area contributed by atoms with Gasteiger partial charge in [0.25, 0.3) is 0 Å². The highest BCUT2D eigenvalue weighted by atomic mass is 19.4. The van der Waals surface area contributed by atoms with Crippen LogP contribution in [0.3, 0.4) is 0 Å². The first-order valence-electron chi connectivity index (χ1n) is 6.87. The SMILES string of the molecule is COC(=O)Cc1ccc2c(c1)CCC[C@H]2NC(=O)C(F)(F)F. The molecule has 1 aromatic carbocycles. The minimum Gasteiger partial charge on any atom is -0.469 e. The number of aryl methyl sites for hydroxylation is 1. The Bertz CT molecular complexity index is 584. The molecule has 0 saturated carbocycles. The van der Waals surface area contributed by atoms with E-state index in [9.17, 15) is 22.8 Å². The average molecular weight is 315 g/mol. The molecular formula is C15H16F3NO3. The third-order valence-corrected chi connectivity index (χ3v) is 3.66. The normalized spacial score (nSPS) is 17.5. The minimum atomic E-state index is -4.89. The quantitative estimate of drug-likeness (QED) is 0.872. The fourth-order valence-electron chi connectivity index (χ4n) is 2.61. The van der Waals surface area contributed by atoms with Gasteiger partial charge in [-0.3, -0.25) is 9.59 Å². The van der Waals surface area contributed by atoms with Gasteiger partial charge in [0.05, 0.1) is 19.6 Å². The number of fused-ring (bicyclic) bond motifs is 1. The topological polar surface area (TPSA) is 55.4 Å². The molecule has 1 aromatic rings. The number of alkyl halides is 3. The van der Waals surface area contributed by atoms with Gasteiger partial charge < -0.3 is 10.1 Å². The van der Waals surface area contributed by atoms with Gasteiger partial charge in [0.15, 0.2) is 0 Å². The molecule has 1 atom stereocenters. The van der Waals surface area contributed by atoms with Crippen molar-refractivity contribution in [3.63, 3.8) is 0 Å². The smallest absolute Gasteiger partial charge is 0.469 e.